The van der Waals surface area contributed by atoms with Crippen LogP contribution in [0.2, 0.25) is 0 Å². The Morgan fingerprint density at radius 1 is 1.06 bits per heavy atom. The topological polar surface area (TPSA) is 29.3 Å². The molecule has 0 aliphatic carbocycles. The number of nitrogens with zero attached hydrogens (tertiary/aromatic N) is 1. The van der Waals surface area contributed by atoms with Gasteiger partial charge in [-0.05, 0) is 43.2 Å². The first-order valence-corrected chi connectivity index (χ1v) is 6.19. The third kappa shape index (κ3) is 2.83. The predicted octanol–water partition coefficient (Wildman–Crippen LogP) is 3.52. The Morgan fingerprint density at radius 2 is 1.83 bits per heavy atom. The summed E-state index contributed by atoms with van der Waals surface area (Å²) in [5.41, 5.74) is 11.8. The van der Waals surface area contributed by atoms with Gasteiger partial charge < -0.3 is 10.6 Å². The lowest BCUT2D eigenvalue weighted by Crippen LogP contribution is -2.17. The molecule has 2 aromatic rings. The molecule has 0 fully saturated rings. The Morgan fingerprint density at radius 3 is 2.56 bits per heavy atom. The quantitative estimate of drug-likeness (QED) is 0.832. The van der Waals surface area contributed by atoms with Crippen LogP contribution in [-0.4, -0.2) is 7.05 Å². The minimum absolute atomic E-state index is 0.806. The van der Waals surface area contributed by atoms with Gasteiger partial charge in [-0.3, -0.25) is 0 Å². The number of anilines is 2. The summed E-state index contributed by atoms with van der Waals surface area (Å²) in [5.74, 6) is 0. The molecule has 0 aromatic heterocycles. The molecular formula is C16H20N2. The van der Waals surface area contributed by atoms with E-state index >= 15 is 0 Å². The van der Waals surface area contributed by atoms with Crippen LogP contribution in [0.15, 0.2) is 42.5 Å². The molecule has 0 radical (unpaired) electrons. The van der Waals surface area contributed by atoms with Crippen LogP contribution in [0.4, 0.5) is 11.4 Å². The minimum atomic E-state index is 0.806. The SMILES string of the molecule is Cc1ccc(C)c(CN(C)c2cccc(N)c2)c1. The Hall–Kier alpha value is -1.96. The van der Waals surface area contributed by atoms with Crippen molar-refractivity contribution in [3.8, 4) is 0 Å². The molecule has 2 aromatic carbocycles. The van der Waals surface area contributed by atoms with Crippen molar-refractivity contribution >= 4 is 11.4 Å². The van der Waals surface area contributed by atoms with Crippen molar-refractivity contribution in [3.05, 3.63) is 59.2 Å². The fourth-order valence-electron chi connectivity index (χ4n) is 2.08. The molecule has 0 saturated heterocycles. The number of benzene rings is 2. The standard InChI is InChI=1S/C16H20N2/c1-12-7-8-13(2)14(9-12)11-18(3)16-6-4-5-15(17)10-16/h4-10H,11,17H2,1-3H3. The van der Waals surface area contributed by atoms with E-state index in [2.05, 4.69) is 50.1 Å². The van der Waals surface area contributed by atoms with Gasteiger partial charge in [0.05, 0.1) is 0 Å². The number of aryl methyl sites for hydroxylation is 2. The van der Waals surface area contributed by atoms with Gasteiger partial charge in [-0.25, -0.2) is 0 Å². The summed E-state index contributed by atoms with van der Waals surface area (Å²) in [4.78, 5) is 2.22. The molecule has 2 N–H and O–H groups in total. The maximum Gasteiger partial charge on any atom is 0.0428 e. The van der Waals surface area contributed by atoms with E-state index < -0.39 is 0 Å². The number of rotatable bonds is 3. The van der Waals surface area contributed by atoms with Crippen LogP contribution in [0, 0.1) is 13.8 Å². The van der Waals surface area contributed by atoms with Crippen LogP contribution >= 0.6 is 0 Å². The summed E-state index contributed by atoms with van der Waals surface area (Å²) >= 11 is 0. The average Bonchev–Trinajstić information content (AvgIpc) is 2.34. The zero-order valence-corrected chi connectivity index (χ0v) is 11.3. The lowest BCUT2D eigenvalue weighted by atomic mass is 10.1. The Labute approximate surface area is 109 Å². The summed E-state index contributed by atoms with van der Waals surface area (Å²) in [6, 6.07) is 14.6. The van der Waals surface area contributed by atoms with Crippen LogP contribution < -0.4 is 10.6 Å². The van der Waals surface area contributed by atoms with Crippen LogP contribution in [0.25, 0.3) is 0 Å². The highest BCUT2D eigenvalue weighted by atomic mass is 15.1. The van der Waals surface area contributed by atoms with Crippen molar-refractivity contribution in [1.29, 1.82) is 0 Å². The molecule has 0 aliphatic heterocycles. The number of hydrogen-bond acceptors (Lipinski definition) is 2. The fraction of sp³-hybridized carbons (Fsp3) is 0.250. The van der Waals surface area contributed by atoms with Gasteiger partial charge in [-0.1, -0.05) is 29.8 Å². The molecule has 0 saturated carbocycles. The molecule has 18 heavy (non-hydrogen) atoms. The summed E-state index contributed by atoms with van der Waals surface area (Å²) in [5, 5.41) is 0. The lowest BCUT2D eigenvalue weighted by Gasteiger charge is -2.21. The monoisotopic (exact) mass is 240 g/mol. The predicted molar refractivity (Wildman–Crippen MR) is 78.9 cm³/mol. The van der Waals surface area contributed by atoms with Gasteiger partial charge in [0.15, 0.2) is 0 Å². The van der Waals surface area contributed by atoms with Crippen LogP contribution in [0.3, 0.4) is 0 Å². The molecular weight excluding hydrogens is 220 g/mol. The first kappa shape index (κ1) is 12.5. The van der Waals surface area contributed by atoms with E-state index in [0.717, 1.165) is 17.9 Å². The zero-order chi connectivity index (χ0) is 13.1. The Bertz CT molecular complexity index is 547. The van der Waals surface area contributed by atoms with Crippen molar-refractivity contribution in [2.45, 2.75) is 20.4 Å². The molecule has 0 spiro atoms. The summed E-state index contributed by atoms with van der Waals surface area (Å²) < 4.78 is 0. The van der Waals surface area contributed by atoms with Crippen molar-refractivity contribution in [2.24, 2.45) is 0 Å². The highest BCUT2D eigenvalue weighted by molar-refractivity contribution is 5.55. The summed E-state index contributed by atoms with van der Waals surface area (Å²) in [6.45, 7) is 5.18. The number of hydrogen-bond donors (Lipinski definition) is 1. The molecule has 94 valence electrons. The summed E-state index contributed by atoms with van der Waals surface area (Å²) in [6.07, 6.45) is 0. The first-order chi connectivity index (χ1) is 8.56. The highest BCUT2D eigenvalue weighted by Crippen LogP contribution is 2.20. The van der Waals surface area contributed by atoms with E-state index in [1.807, 2.05) is 18.2 Å². The second-order valence-electron chi connectivity index (χ2n) is 4.88. The van der Waals surface area contributed by atoms with Crippen molar-refractivity contribution in [1.82, 2.24) is 0 Å². The largest absolute Gasteiger partial charge is 0.399 e. The van der Waals surface area contributed by atoms with Crippen molar-refractivity contribution < 1.29 is 0 Å². The van der Waals surface area contributed by atoms with Crippen molar-refractivity contribution in [2.75, 3.05) is 17.7 Å². The van der Waals surface area contributed by atoms with E-state index in [9.17, 15) is 0 Å². The molecule has 2 heteroatoms. The smallest absolute Gasteiger partial charge is 0.0428 e. The molecule has 0 aliphatic rings. The van der Waals surface area contributed by atoms with E-state index in [-0.39, 0.29) is 0 Å². The van der Waals surface area contributed by atoms with E-state index in [1.165, 1.54) is 16.7 Å². The molecule has 2 nitrogen and oxygen atoms in total. The lowest BCUT2D eigenvalue weighted by molar-refractivity contribution is 0.913. The third-order valence-electron chi connectivity index (χ3n) is 3.22. The van der Waals surface area contributed by atoms with E-state index in [1.54, 1.807) is 0 Å². The van der Waals surface area contributed by atoms with Crippen LogP contribution in [0.1, 0.15) is 16.7 Å². The Kier molecular flexibility index (Phi) is 3.56. The van der Waals surface area contributed by atoms with Gasteiger partial charge in [-0.15, -0.1) is 0 Å². The normalized spacial score (nSPS) is 10.4. The second kappa shape index (κ2) is 5.13. The maximum atomic E-state index is 5.82. The first-order valence-electron chi connectivity index (χ1n) is 6.19. The number of nitrogen functional groups attached to an aromatic ring is 1. The minimum Gasteiger partial charge on any atom is -0.399 e. The van der Waals surface area contributed by atoms with Gasteiger partial charge in [-0.2, -0.15) is 0 Å². The molecule has 0 amide bonds. The molecule has 0 unspecified atom stereocenters. The third-order valence-corrected chi connectivity index (χ3v) is 3.22. The number of nitrogens with two attached hydrogens (primary N) is 1. The average molecular weight is 240 g/mol. The zero-order valence-electron chi connectivity index (χ0n) is 11.3. The van der Waals surface area contributed by atoms with Crippen LogP contribution in [0.5, 0.6) is 0 Å². The van der Waals surface area contributed by atoms with Crippen molar-refractivity contribution in [3.63, 3.8) is 0 Å². The second-order valence-corrected chi connectivity index (χ2v) is 4.88. The van der Waals surface area contributed by atoms with Gasteiger partial charge >= 0.3 is 0 Å². The highest BCUT2D eigenvalue weighted by Gasteiger charge is 2.05. The van der Waals surface area contributed by atoms with E-state index in [0.29, 0.717) is 0 Å². The van der Waals surface area contributed by atoms with Crippen LogP contribution in [-0.2, 0) is 6.54 Å². The maximum absolute atomic E-state index is 5.82. The van der Waals surface area contributed by atoms with Gasteiger partial charge in [0.2, 0.25) is 0 Å². The van der Waals surface area contributed by atoms with Gasteiger partial charge in [0.25, 0.3) is 0 Å². The molecule has 0 atom stereocenters. The Balaban J connectivity index is 2.21. The van der Waals surface area contributed by atoms with Gasteiger partial charge in [0, 0.05) is 25.0 Å². The van der Waals surface area contributed by atoms with Gasteiger partial charge in [0.1, 0.15) is 0 Å². The molecule has 2 rings (SSSR count). The molecule has 0 bridgehead atoms. The molecule has 0 heterocycles. The summed E-state index contributed by atoms with van der Waals surface area (Å²) in [7, 11) is 2.09. The van der Waals surface area contributed by atoms with E-state index in [4.69, 9.17) is 5.73 Å². The fourth-order valence-corrected chi connectivity index (χ4v) is 2.08.